The van der Waals surface area contributed by atoms with E-state index in [2.05, 4.69) is 5.32 Å². The van der Waals surface area contributed by atoms with Crippen LogP contribution in [-0.2, 0) is 14.3 Å². The number of carbonyl (C=O) groups excluding carboxylic acids is 2. The lowest BCUT2D eigenvalue weighted by Gasteiger charge is -2.34. The van der Waals surface area contributed by atoms with E-state index in [9.17, 15) is 9.59 Å². The molecule has 6 nitrogen and oxygen atoms in total. The molecule has 1 heterocycles. The maximum absolute atomic E-state index is 12.4. The van der Waals surface area contributed by atoms with Crippen LogP contribution in [0.15, 0.2) is 0 Å². The van der Waals surface area contributed by atoms with E-state index in [4.69, 9.17) is 10.5 Å². The predicted octanol–water partition coefficient (Wildman–Crippen LogP) is 0.894. The molecule has 0 radical (unpaired) electrons. The fraction of sp³-hybridized carbons (Fsp3) is 0.875. The SMILES string of the molecule is CC(NC(=O)C(C)(C)C)C(=O)N1CCC(OCCCN)CC1. The van der Waals surface area contributed by atoms with E-state index in [1.807, 2.05) is 25.7 Å². The second-order valence-electron chi connectivity index (χ2n) is 6.98. The average molecular weight is 313 g/mol. The molecule has 1 aliphatic heterocycles. The summed E-state index contributed by atoms with van der Waals surface area (Å²) in [6, 6.07) is -0.485. The number of ether oxygens (including phenoxy) is 1. The van der Waals surface area contributed by atoms with Crippen LogP contribution in [0.5, 0.6) is 0 Å². The first-order valence-electron chi connectivity index (χ1n) is 8.17. The number of hydrogen-bond donors (Lipinski definition) is 2. The van der Waals surface area contributed by atoms with Gasteiger partial charge in [0.05, 0.1) is 6.10 Å². The highest BCUT2D eigenvalue weighted by Crippen LogP contribution is 2.16. The van der Waals surface area contributed by atoms with Crippen molar-refractivity contribution in [3.63, 3.8) is 0 Å². The van der Waals surface area contributed by atoms with Gasteiger partial charge in [0, 0.05) is 25.1 Å². The number of piperidine rings is 1. The van der Waals surface area contributed by atoms with E-state index in [1.165, 1.54) is 0 Å². The van der Waals surface area contributed by atoms with E-state index in [0.717, 1.165) is 19.3 Å². The van der Waals surface area contributed by atoms with Crippen LogP contribution in [0.3, 0.4) is 0 Å². The van der Waals surface area contributed by atoms with Crippen molar-refractivity contribution >= 4 is 11.8 Å². The zero-order chi connectivity index (χ0) is 16.8. The Morgan fingerprint density at radius 3 is 2.41 bits per heavy atom. The Morgan fingerprint density at radius 1 is 1.32 bits per heavy atom. The molecule has 2 amide bonds. The van der Waals surface area contributed by atoms with E-state index >= 15 is 0 Å². The van der Waals surface area contributed by atoms with E-state index in [1.54, 1.807) is 6.92 Å². The number of likely N-dealkylation sites (tertiary alicyclic amines) is 1. The zero-order valence-corrected chi connectivity index (χ0v) is 14.4. The minimum atomic E-state index is -0.488. The van der Waals surface area contributed by atoms with Gasteiger partial charge in [-0.15, -0.1) is 0 Å². The molecule has 3 N–H and O–H groups in total. The van der Waals surface area contributed by atoms with Crippen molar-refractivity contribution in [3.8, 4) is 0 Å². The maximum Gasteiger partial charge on any atom is 0.244 e. The normalized spacial score (nSPS) is 18.1. The first-order valence-corrected chi connectivity index (χ1v) is 8.17. The number of nitrogens with zero attached hydrogens (tertiary/aromatic N) is 1. The fourth-order valence-corrected chi connectivity index (χ4v) is 2.32. The molecule has 1 fully saturated rings. The minimum Gasteiger partial charge on any atom is -0.378 e. The fourth-order valence-electron chi connectivity index (χ4n) is 2.32. The van der Waals surface area contributed by atoms with Gasteiger partial charge in [-0.3, -0.25) is 9.59 Å². The van der Waals surface area contributed by atoms with Crippen molar-refractivity contribution in [3.05, 3.63) is 0 Å². The Hall–Kier alpha value is -1.14. The second-order valence-corrected chi connectivity index (χ2v) is 6.98. The molecule has 1 saturated heterocycles. The molecule has 22 heavy (non-hydrogen) atoms. The van der Waals surface area contributed by atoms with Crippen molar-refractivity contribution in [2.24, 2.45) is 11.1 Å². The van der Waals surface area contributed by atoms with Crippen LogP contribution in [0.4, 0.5) is 0 Å². The summed E-state index contributed by atoms with van der Waals surface area (Å²) >= 11 is 0. The molecule has 1 atom stereocenters. The summed E-state index contributed by atoms with van der Waals surface area (Å²) in [6.07, 6.45) is 2.77. The number of hydrogen-bond acceptors (Lipinski definition) is 4. The van der Waals surface area contributed by atoms with E-state index in [-0.39, 0.29) is 17.9 Å². The summed E-state index contributed by atoms with van der Waals surface area (Å²) in [5.74, 6) is -0.119. The van der Waals surface area contributed by atoms with Gasteiger partial charge in [-0.25, -0.2) is 0 Å². The number of nitrogens with two attached hydrogens (primary N) is 1. The Labute approximate surface area is 133 Å². The Bertz CT molecular complexity index is 371. The number of amides is 2. The highest BCUT2D eigenvalue weighted by molar-refractivity contribution is 5.89. The van der Waals surface area contributed by atoms with Gasteiger partial charge in [-0.05, 0) is 32.7 Å². The standard InChI is InChI=1S/C16H31N3O3/c1-12(18-15(21)16(2,3)4)14(20)19-9-6-13(7-10-19)22-11-5-8-17/h12-13H,5-11,17H2,1-4H3,(H,18,21). The number of nitrogens with one attached hydrogen (secondary N) is 1. The third kappa shape index (κ3) is 5.93. The molecule has 1 aliphatic rings. The molecule has 0 aromatic heterocycles. The molecule has 1 unspecified atom stereocenters. The van der Waals surface area contributed by atoms with Crippen LogP contribution < -0.4 is 11.1 Å². The number of carbonyl (C=O) groups is 2. The zero-order valence-electron chi connectivity index (χ0n) is 14.4. The summed E-state index contributed by atoms with van der Waals surface area (Å²) in [7, 11) is 0. The summed E-state index contributed by atoms with van der Waals surface area (Å²) in [5.41, 5.74) is 4.95. The summed E-state index contributed by atoms with van der Waals surface area (Å²) in [6.45, 7) is 9.95. The summed E-state index contributed by atoms with van der Waals surface area (Å²) < 4.78 is 5.73. The number of rotatable bonds is 6. The average Bonchev–Trinajstić information content (AvgIpc) is 2.46. The lowest BCUT2D eigenvalue weighted by Crippen LogP contribution is -2.52. The van der Waals surface area contributed by atoms with Crippen LogP contribution >= 0.6 is 0 Å². The van der Waals surface area contributed by atoms with Crippen LogP contribution in [0.25, 0.3) is 0 Å². The second kappa shape index (κ2) is 8.48. The first kappa shape index (κ1) is 18.9. The predicted molar refractivity (Wildman–Crippen MR) is 86.3 cm³/mol. The monoisotopic (exact) mass is 313 g/mol. The molecule has 1 rings (SSSR count). The Morgan fingerprint density at radius 2 is 1.91 bits per heavy atom. The van der Waals surface area contributed by atoms with Crippen LogP contribution in [-0.4, -0.2) is 55.1 Å². The summed E-state index contributed by atoms with van der Waals surface area (Å²) in [5, 5.41) is 2.79. The quantitative estimate of drug-likeness (QED) is 0.713. The molecule has 0 aromatic carbocycles. The molecular formula is C16H31N3O3. The third-order valence-electron chi connectivity index (χ3n) is 3.85. The van der Waals surface area contributed by atoms with Crippen LogP contribution in [0, 0.1) is 5.41 Å². The van der Waals surface area contributed by atoms with Gasteiger partial charge < -0.3 is 20.7 Å². The smallest absolute Gasteiger partial charge is 0.244 e. The third-order valence-corrected chi connectivity index (χ3v) is 3.85. The molecule has 6 heteroatoms. The van der Waals surface area contributed by atoms with Gasteiger partial charge in [0.25, 0.3) is 0 Å². The van der Waals surface area contributed by atoms with Gasteiger partial charge in [-0.2, -0.15) is 0 Å². The lowest BCUT2D eigenvalue weighted by molar-refractivity contribution is -0.140. The summed E-state index contributed by atoms with van der Waals surface area (Å²) in [4.78, 5) is 26.1. The van der Waals surface area contributed by atoms with E-state index < -0.39 is 11.5 Å². The van der Waals surface area contributed by atoms with Gasteiger partial charge in [0.15, 0.2) is 0 Å². The maximum atomic E-state index is 12.4. The van der Waals surface area contributed by atoms with Crippen molar-refractivity contribution in [1.82, 2.24) is 10.2 Å². The van der Waals surface area contributed by atoms with Crippen molar-refractivity contribution in [1.29, 1.82) is 0 Å². The topological polar surface area (TPSA) is 84.7 Å². The van der Waals surface area contributed by atoms with Gasteiger partial charge >= 0.3 is 0 Å². The Balaban J connectivity index is 2.37. The van der Waals surface area contributed by atoms with Gasteiger partial charge in [0.2, 0.25) is 11.8 Å². The van der Waals surface area contributed by atoms with Crippen LogP contribution in [0.2, 0.25) is 0 Å². The molecule has 128 valence electrons. The molecule has 0 saturated carbocycles. The minimum absolute atomic E-state index is 0.0157. The van der Waals surface area contributed by atoms with Gasteiger partial charge in [0.1, 0.15) is 6.04 Å². The molecule has 0 spiro atoms. The van der Waals surface area contributed by atoms with Crippen molar-refractivity contribution in [2.75, 3.05) is 26.2 Å². The Kier molecular flexibility index (Phi) is 7.29. The molecular weight excluding hydrogens is 282 g/mol. The molecule has 0 aliphatic carbocycles. The lowest BCUT2D eigenvalue weighted by atomic mass is 9.95. The highest BCUT2D eigenvalue weighted by atomic mass is 16.5. The van der Waals surface area contributed by atoms with Crippen LogP contribution in [0.1, 0.15) is 47.0 Å². The highest BCUT2D eigenvalue weighted by Gasteiger charge is 2.29. The van der Waals surface area contributed by atoms with Crippen molar-refractivity contribution < 1.29 is 14.3 Å². The molecule has 0 bridgehead atoms. The van der Waals surface area contributed by atoms with E-state index in [0.29, 0.717) is 26.2 Å². The largest absolute Gasteiger partial charge is 0.378 e. The van der Waals surface area contributed by atoms with Gasteiger partial charge in [-0.1, -0.05) is 20.8 Å². The van der Waals surface area contributed by atoms with Crippen molar-refractivity contribution in [2.45, 2.75) is 59.1 Å². The molecule has 0 aromatic rings. The first-order chi connectivity index (χ1) is 10.3.